The van der Waals surface area contributed by atoms with Gasteiger partial charge in [-0.25, -0.2) is 4.70 Å². The van der Waals surface area contributed by atoms with E-state index in [1.807, 2.05) is 0 Å². The molecule has 5 heteroatoms. The van der Waals surface area contributed by atoms with Gasteiger partial charge in [-0.05, 0) is 73.9 Å². The summed E-state index contributed by atoms with van der Waals surface area (Å²) in [7, 11) is 9.63. The molecule has 0 saturated carbocycles. The van der Waals surface area contributed by atoms with Gasteiger partial charge < -0.3 is 5.53 Å². The maximum absolute atomic E-state index is 11.3. The number of allylic oxidation sites excluding steroid dienone is 2. The second kappa shape index (κ2) is 15.6. The van der Waals surface area contributed by atoms with Crippen LogP contribution in [0.2, 0.25) is 0 Å². The average Bonchev–Trinajstić information content (AvgIpc) is 3.17. The molecule has 0 spiro atoms. The minimum absolute atomic E-state index is 0.106. The molecule has 2 aromatic carbocycles. The van der Waals surface area contributed by atoms with Crippen molar-refractivity contribution in [3.8, 4) is 0 Å². The molecule has 33 heavy (non-hydrogen) atoms. The molecular formula is C28H36Cl2N2Pd. The number of halogens is 2. The van der Waals surface area contributed by atoms with Crippen molar-refractivity contribution in [1.29, 1.82) is 0 Å². The predicted molar refractivity (Wildman–Crippen MR) is 140 cm³/mol. The van der Waals surface area contributed by atoms with E-state index in [2.05, 4.69) is 75.4 Å². The molecule has 0 unspecified atom stereocenters. The Morgan fingerprint density at radius 1 is 0.758 bits per heavy atom. The predicted octanol–water partition coefficient (Wildman–Crippen LogP) is 9.74. The molecule has 1 aliphatic heterocycles. The van der Waals surface area contributed by atoms with Crippen molar-refractivity contribution in [2.75, 3.05) is 0 Å². The van der Waals surface area contributed by atoms with Crippen LogP contribution in [0.4, 0.5) is 0 Å². The van der Waals surface area contributed by atoms with Gasteiger partial charge in [-0.2, -0.15) is 0 Å². The molecule has 0 aliphatic carbocycles. The van der Waals surface area contributed by atoms with E-state index in [1.165, 1.54) is 47.1 Å². The minimum atomic E-state index is -0.106. The molecule has 0 radical (unpaired) electrons. The van der Waals surface area contributed by atoms with E-state index < -0.39 is 0 Å². The number of rotatable bonds is 11. The van der Waals surface area contributed by atoms with Gasteiger partial charge in [-0.3, -0.25) is 0 Å². The summed E-state index contributed by atoms with van der Waals surface area (Å²) >= 11 is -0.106. The average molecular weight is 578 g/mol. The van der Waals surface area contributed by atoms with Crippen molar-refractivity contribution < 1.29 is 20.6 Å². The monoisotopic (exact) mass is 576 g/mol. The van der Waals surface area contributed by atoms with Crippen LogP contribution in [-0.2, 0) is 28.8 Å². The molecule has 0 bridgehead atoms. The molecule has 2 aromatic rings. The fourth-order valence-electron chi connectivity index (χ4n) is 4.14. The zero-order valence-electron chi connectivity index (χ0n) is 20.0. The third-order valence-corrected chi connectivity index (χ3v) is 5.92. The molecule has 0 N–H and O–H groups in total. The van der Waals surface area contributed by atoms with E-state index in [0.717, 1.165) is 54.6 Å². The maximum atomic E-state index is 11.3. The molecule has 0 atom stereocenters. The van der Waals surface area contributed by atoms with Crippen LogP contribution in [-0.4, -0.2) is 4.70 Å². The van der Waals surface area contributed by atoms with E-state index in [0.29, 0.717) is 0 Å². The van der Waals surface area contributed by atoms with Crippen molar-refractivity contribution in [2.45, 2.75) is 78.6 Å². The first-order valence-corrected chi connectivity index (χ1v) is 16.0. The summed E-state index contributed by atoms with van der Waals surface area (Å²) in [5.74, 6) is 0. The summed E-state index contributed by atoms with van der Waals surface area (Å²) in [6, 6.07) is 17.4. The Balaban J connectivity index is 0.00000122. The van der Waals surface area contributed by atoms with Crippen LogP contribution < -0.4 is 0 Å². The Morgan fingerprint density at radius 2 is 1.24 bits per heavy atom. The van der Waals surface area contributed by atoms with E-state index in [-0.39, 0.29) is 15.9 Å². The molecule has 0 saturated heterocycles. The summed E-state index contributed by atoms with van der Waals surface area (Å²) in [6.45, 7) is 6.68. The van der Waals surface area contributed by atoms with Crippen molar-refractivity contribution in [2.24, 2.45) is 0 Å². The van der Waals surface area contributed by atoms with Crippen LogP contribution in [0, 0.1) is 0 Å². The Labute approximate surface area is 216 Å². The fraction of sp³-hybridized carbons (Fsp3) is 0.429. The second-order valence-corrected chi connectivity index (χ2v) is 10.8. The Morgan fingerprint density at radius 3 is 1.79 bits per heavy atom. The van der Waals surface area contributed by atoms with Gasteiger partial charge in [0.25, 0.3) is 0 Å². The molecule has 0 amide bonds. The van der Waals surface area contributed by atoms with Gasteiger partial charge in [-0.1, -0.05) is 64.3 Å². The van der Waals surface area contributed by atoms with E-state index >= 15 is 0 Å². The number of nitrogens with zero attached hydrogens (tertiary/aromatic N) is 2. The number of unbranched alkanes of at least 4 members (excludes halogenated alkanes) is 3. The normalized spacial score (nSPS) is 13.2. The molecule has 1 heterocycles. The van der Waals surface area contributed by atoms with Crippen molar-refractivity contribution >= 4 is 30.5 Å². The Hall–Kier alpha value is -1.24. The molecule has 0 fully saturated rings. The summed E-state index contributed by atoms with van der Waals surface area (Å²) in [4.78, 5) is 0. The number of benzene rings is 2. The van der Waals surface area contributed by atoms with Gasteiger partial charge >= 0.3 is 35.0 Å². The first kappa shape index (κ1) is 28.0. The number of aryl methyl sites for hydroxylation is 2. The first-order valence-electron chi connectivity index (χ1n) is 12.0. The van der Waals surface area contributed by atoms with Crippen LogP contribution in [0.3, 0.4) is 0 Å². The third kappa shape index (κ3) is 8.49. The van der Waals surface area contributed by atoms with Crippen molar-refractivity contribution in [3.63, 3.8) is 0 Å². The van der Waals surface area contributed by atoms with Crippen LogP contribution in [0.1, 0.15) is 88.0 Å². The van der Waals surface area contributed by atoms with Crippen molar-refractivity contribution in [1.82, 2.24) is 0 Å². The topological polar surface area (TPSA) is 25.3 Å². The zero-order valence-corrected chi connectivity index (χ0v) is 23.1. The first-order chi connectivity index (χ1) is 16.1. The van der Waals surface area contributed by atoms with E-state index in [1.54, 1.807) is 0 Å². The van der Waals surface area contributed by atoms with E-state index in [9.17, 15) is 5.53 Å². The van der Waals surface area contributed by atoms with Crippen LogP contribution >= 0.6 is 19.1 Å². The zero-order chi connectivity index (χ0) is 24.1. The molecule has 2 nitrogen and oxygen atoms in total. The molecule has 1 aliphatic rings. The van der Waals surface area contributed by atoms with Crippen LogP contribution in [0.15, 0.2) is 60.2 Å². The molecular weight excluding hydrogens is 542 g/mol. The summed E-state index contributed by atoms with van der Waals surface area (Å²) in [6.07, 6.45) is 12.4. The van der Waals surface area contributed by atoms with Gasteiger partial charge in [0.15, 0.2) is 0 Å². The Bertz CT molecular complexity index is 966. The molecule has 3 rings (SSSR count). The van der Waals surface area contributed by atoms with Gasteiger partial charge in [0, 0.05) is 22.8 Å². The third-order valence-electron chi connectivity index (χ3n) is 5.92. The fourth-order valence-corrected chi connectivity index (χ4v) is 4.14. The second-order valence-electron chi connectivity index (χ2n) is 8.47. The van der Waals surface area contributed by atoms with Crippen LogP contribution in [0.5, 0.6) is 0 Å². The van der Waals surface area contributed by atoms with Crippen LogP contribution in [0.25, 0.3) is 16.9 Å². The SMILES string of the molecule is CCCCC1=C(c2cccc(CCCC)c2)[N+](=[N-])C(c2cccc(CCCC)c2)=C1.[Cl][Pd][Cl]. The quantitative estimate of drug-likeness (QED) is 0.188. The summed E-state index contributed by atoms with van der Waals surface area (Å²) in [5, 5.41) is 0. The summed E-state index contributed by atoms with van der Waals surface area (Å²) < 4.78 is 1.43. The van der Waals surface area contributed by atoms with Crippen molar-refractivity contribution in [3.05, 3.63) is 88.0 Å². The van der Waals surface area contributed by atoms with Gasteiger partial charge in [0.05, 0.1) is 0 Å². The van der Waals surface area contributed by atoms with Gasteiger partial charge in [-0.15, -0.1) is 0 Å². The number of hydrogen-bond acceptors (Lipinski definition) is 0. The molecule has 0 aromatic heterocycles. The molecule has 182 valence electrons. The summed E-state index contributed by atoms with van der Waals surface area (Å²) in [5.41, 5.74) is 19.3. The standard InChI is InChI=1S/C28H36N2.2ClH.Pd/c1-4-7-12-22-14-10-17-24(19-22)27-21-26(16-9-6-3)28(30(27)29)25-18-11-15-23(20-25)13-8-5-2;;;/h10-11,14-15,17-21H,4-9,12-13,16H2,1-3H3;2*1H;/q;;;+2/p-2. The number of hydrogen-bond donors (Lipinski definition) is 0. The van der Waals surface area contributed by atoms with Gasteiger partial charge in [0.2, 0.25) is 11.4 Å². The van der Waals surface area contributed by atoms with Gasteiger partial charge in [0.1, 0.15) is 0 Å². The Kier molecular flexibility index (Phi) is 13.3. The van der Waals surface area contributed by atoms with E-state index in [4.69, 9.17) is 19.1 Å².